The lowest BCUT2D eigenvalue weighted by molar-refractivity contribution is -0.137. The Bertz CT molecular complexity index is 791. The zero-order valence-electron chi connectivity index (χ0n) is 20.0. The van der Waals surface area contributed by atoms with E-state index in [4.69, 9.17) is 17.3 Å². The Hall–Kier alpha value is -1.59. The molecule has 2 fully saturated rings. The van der Waals surface area contributed by atoms with Gasteiger partial charge in [0.2, 0.25) is 11.8 Å². The maximum atomic E-state index is 13.3. The van der Waals surface area contributed by atoms with Crippen molar-refractivity contribution < 1.29 is 9.59 Å². The molecule has 0 unspecified atom stereocenters. The van der Waals surface area contributed by atoms with Gasteiger partial charge in [0.15, 0.2) is 0 Å². The van der Waals surface area contributed by atoms with Crippen molar-refractivity contribution in [3.63, 3.8) is 0 Å². The van der Waals surface area contributed by atoms with Crippen LogP contribution in [0.3, 0.4) is 0 Å². The van der Waals surface area contributed by atoms with Crippen LogP contribution in [0.15, 0.2) is 18.2 Å². The van der Waals surface area contributed by atoms with Crippen molar-refractivity contribution in [1.29, 1.82) is 0 Å². The van der Waals surface area contributed by atoms with E-state index in [1.807, 2.05) is 23.1 Å². The molecule has 2 amide bonds. The summed E-state index contributed by atoms with van der Waals surface area (Å²) in [5.41, 5.74) is 7.67. The van der Waals surface area contributed by atoms with E-state index in [-0.39, 0.29) is 35.2 Å². The lowest BCUT2D eigenvalue weighted by Crippen LogP contribution is -2.44. The Morgan fingerprint density at radius 1 is 1.06 bits per heavy atom. The van der Waals surface area contributed by atoms with Gasteiger partial charge >= 0.3 is 0 Å². The second kappa shape index (κ2) is 11.0. The molecule has 2 aliphatic carbocycles. The molecule has 0 aromatic heterocycles. The summed E-state index contributed by atoms with van der Waals surface area (Å²) in [5, 5.41) is 3.71. The quantitative estimate of drug-likeness (QED) is 0.554. The van der Waals surface area contributed by atoms with Crippen molar-refractivity contribution in [2.75, 3.05) is 5.32 Å². The molecule has 0 saturated heterocycles. The normalized spacial score (nSPS) is 22.4. The minimum atomic E-state index is -0.0833. The summed E-state index contributed by atoms with van der Waals surface area (Å²) in [6.45, 7) is 6.73. The van der Waals surface area contributed by atoms with Crippen LogP contribution in [0.2, 0.25) is 5.02 Å². The molecule has 0 spiro atoms. The number of rotatable bonds is 6. The van der Waals surface area contributed by atoms with Gasteiger partial charge in [0, 0.05) is 41.7 Å². The number of nitrogens with one attached hydrogen (secondary N) is 1. The molecule has 178 valence electrons. The smallest absolute Gasteiger partial charge is 0.227 e. The van der Waals surface area contributed by atoms with Crippen molar-refractivity contribution in [3.8, 4) is 0 Å². The van der Waals surface area contributed by atoms with Crippen molar-refractivity contribution in [2.45, 2.75) is 104 Å². The highest BCUT2D eigenvalue weighted by atomic mass is 35.5. The predicted octanol–water partition coefficient (Wildman–Crippen LogP) is 5.89. The van der Waals surface area contributed by atoms with E-state index < -0.39 is 0 Å². The third kappa shape index (κ3) is 7.21. The highest BCUT2D eigenvalue weighted by molar-refractivity contribution is 6.31. The second-order valence-electron chi connectivity index (χ2n) is 11.0. The number of halogens is 1. The molecule has 2 saturated carbocycles. The van der Waals surface area contributed by atoms with Gasteiger partial charge in [-0.05, 0) is 67.7 Å². The SMILES string of the molecule is CC(C)(C)CC(=O)N(Cc1cc(NC(=O)C2CCCCC2)ccc1Cl)C1CCC(N)CC1. The molecule has 0 bridgehead atoms. The van der Waals surface area contributed by atoms with E-state index in [9.17, 15) is 9.59 Å². The minimum absolute atomic E-state index is 0.0833. The van der Waals surface area contributed by atoms with Gasteiger partial charge in [0.05, 0.1) is 0 Å². The summed E-state index contributed by atoms with van der Waals surface area (Å²) < 4.78 is 0. The fraction of sp³-hybridized carbons (Fsp3) is 0.692. The van der Waals surface area contributed by atoms with Crippen LogP contribution in [0.25, 0.3) is 0 Å². The van der Waals surface area contributed by atoms with E-state index in [1.165, 1.54) is 6.42 Å². The molecule has 1 aromatic carbocycles. The molecule has 32 heavy (non-hydrogen) atoms. The summed E-state index contributed by atoms with van der Waals surface area (Å²) in [6.07, 6.45) is 9.62. The number of carbonyl (C=O) groups excluding carboxylic acids is 2. The largest absolute Gasteiger partial charge is 0.335 e. The zero-order valence-corrected chi connectivity index (χ0v) is 20.7. The Morgan fingerprint density at radius 3 is 2.34 bits per heavy atom. The van der Waals surface area contributed by atoms with Gasteiger partial charge in [0.1, 0.15) is 0 Å². The van der Waals surface area contributed by atoms with Crippen LogP contribution in [0, 0.1) is 11.3 Å². The number of nitrogens with zero attached hydrogens (tertiary/aromatic N) is 1. The standard InChI is InChI=1S/C26H40ClN3O2/c1-26(2,3)16-24(31)30(22-12-9-20(28)10-13-22)17-19-15-21(11-14-23(19)27)29-25(32)18-7-5-4-6-8-18/h11,14-15,18,20,22H,4-10,12-13,16-17,28H2,1-3H3,(H,29,32). The van der Waals surface area contributed by atoms with E-state index >= 15 is 0 Å². The first kappa shape index (κ1) is 25.0. The molecule has 0 atom stereocenters. The third-order valence-corrected chi connectivity index (χ3v) is 7.18. The van der Waals surface area contributed by atoms with Crippen LogP contribution < -0.4 is 11.1 Å². The Labute approximate surface area is 198 Å². The number of amides is 2. The third-order valence-electron chi connectivity index (χ3n) is 6.81. The lowest BCUT2D eigenvalue weighted by atomic mass is 9.88. The van der Waals surface area contributed by atoms with Crippen LogP contribution in [-0.2, 0) is 16.1 Å². The molecule has 5 nitrogen and oxygen atoms in total. The molecular formula is C26H40ClN3O2. The zero-order chi connectivity index (χ0) is 23.3. The van der Waals surface area contributed by atoms with Crippen molar-refractivity contribution in [3.05, 3.63) is 28.8 Å². The monoisotopic (exact) mass is 461 g/mol. The van der Waals surface area contributed by atoms with E-state index in [1.54, 1.807) is 0 Å². The van der Waals surface area contributed by atoms with Crippen LogP contribution in [0.1, 0.15) is 90.5 Å². The Morgan fingerprint density at radius 2 is 1.72 bits per heavy atom. The van der Waals surface area contributed by atoms with Gasteiger partial charge in [-0.25, -0.2) is 0 Å². The maximum absolute atomic E-state index is 13.3. The first-order valence-electron chi connectivity index (χ1n) is 12.3. The Kier molecular flexibility index (Phi) is 8.62. The number of hydrogen-bond donors (Lipinski definition) is 2. The van der Waals surface area contributed by atoms with Gasteiger partial charge in [-0.2, -0.15) is 0 Å². The molecule has 1 aromatic rings. The average molecular weight is 462 g/mol. The molecule has 3 N–H and O–H groups in total. The summed E-state index contributed by atoms with van der Waals surface area (Å²) in [7, 11) is 0. The van der Waals surface area contributed by atoms with Crippen molar-refractivity contribution >= 4 is 29.1 Å². The van der Waals surface area contributed by atoms with Crippen molar-refractivity contribution in [2.24, 2.45) is 17.1 Å². The van der Waals surface area contributed by atoms with E-state index in [2.05, 4.69) is 26.1 Å². The maximum Gasteiger partial charge on any atom is 0.227 e. The number of nitrogens with two attached hydrogens (primary N) is 1. The minimum Gasteiger partial charge on any atom is -0.335 e. The van der Waals surface area contributed by atoms with E-state index in [0.717, 1.165) is 62.6 Å². The summed E-state index contributed by atoms with van der Waals surface area (Å²) in [5.74, 6) is 0.352. The van der Waals surface area contributed by atoms with Gasteiger partial charge in [-0.3, -0.25) is 9.59 Å². The van der Waals surface area contributed by atoms with Gasteiger partial charge < -0.3 is 16.0 Å². The molecule has 0 aliphatic heterocycles. The van der Waals surface area contributed by atoms with Crippen molar-refractivity contribution in [1.82, 2.24) is 4.90 Å². The Balaban J connectivity index is 1.76. The number of carbonyl (C=O) groups is 2. The molecule has 2 aliphatic rings. The van der Waals surface area contributed by atoms with Gasteiger partial charge in [-0.1, -0.05) is 51.6 Å². The number of hydrogen-bond acceptors (Lipinski definition) is 3. The molecule has 0 radical (unpaired) electrons. The molecule has 6 heteroatoms. The average Bonchev–Trinajstić information content (AvgIpc) is 2.74. The topological polar surface area (TPSA) is 75.4 Å². The molecule has 3 rings (SSSR count). The summed E-state index contributed by atoms with van der Waals surface area (Å²) in [4.78, 5) is 28.0. The van der Waals surface area contributed by atoms with Crippen LogP contribution >= 0.6 is 11.6 Å². The lowest BCUT2D eigenvalue weighted by Gasteiger charge is -2.37. The fourth-order valence-corrected chi connectivity index (χ4v) is 5.13. The predicted molar refractivity (Wildman–Crippen MR) is 132 cm³/mol. The van der Waals surface area contributed by atoms with Gasteiger partial charge in [-0.15, -0.1) is 0 Å². The fourth-order valence-electron chi connectivity index (χ4n) is 4.96. The highest BCUT2D eigenvalue weighted by Gasteiger charge is 2.30. The first-order valence-corrected chi connectivity index (χ1v) is 12.6. The molecule has 0 heterocycles. The van der Waals surface area contributed by atoms with Crippen LogP contribution in [0.4, 0.5) is 5.69 Å². The van der Waals surface area contributed by atoms with Gasteiger partial charge in [0.25, 0.3) is 0 Å². The summed E-state index contributed by atoms with van der Waals surface area (Å²) >= 11 is 6.55. The number of anilines is 1. The van der Waals surface area contributed by atoms with Crippen LogP contribution in [-0.4, -0.2) is 28.8 Å². The summed E-state index contributed by atoms with van der Waals surface area (Å²) in [6, 6.07) is 6.04. The molecular weight excluding hydrogens is 422 g/mol. The van der Waals surface area contributed by atoms with E-state index in [0.29, 0.717) is 18.0 Å². The second-order valence-corrected chi connectivity index (χ2v) is 11.4. The number of benzene rings is 1. The van der Waals surface area contributed by atoms with Crippen LogP contribution in [0.5, 0.6) is 0 Å². The highest BCUT2D eigenvalue weighted by Crippen LogP contribution is 2.31. The first-order chi connectivity index (χ1) is 15.1.